The Hall–Kier alpha value is -2.75. The Bertz CT molecular complexity index is 821. The maximum atomic E-state index is 12.9. The van der Waals surface area contributed by atoms with Crippen molar-refractivity contribution in [1.29, 1.82) is 0 Å². The number of H-pyrrole nitrogens is 1. The van der Waals surface area contributed by atoms with Crippen molar-refractivity contribution in [2.75, 3.05) is 0 Å². The van der Waals surface area contributed by atoms with Crippen LogP contribution in [-0.2, 0) is 0 Å². The molecule has 0 fully saturated rings. The van der Waals surface area contributed by atoms with Gasteiger partial charge in [0, 0.05) is 11.6 Å². The number of hydrogen-bond acceptors (Lipinski definition) is 2. The summed E-state index contributed by atoms with van der Waals surface area (Å²) in [6.07, 6.45) is 0. The Balaban J connectivity index is 1.97. The molecule has 1 heterocycles. The fourth-order valence-electron chi connectivity index (χ4n) is 2.25. The number of aromatic amines is 1. The van der Waals surface area contributed by atoms with E-state index in [0.717, 1.165) is 27.9 Å². The molecule has 1 aromatic heterocycles. The van der Waals surface area contributed by atoms with Gasteiger partial charge >= 0.3 is 0 Å². The molecule has 0 atom stereocenters. The van der Waals surface area contributed by atoms with E-state index in [4.69, 9.17) is 0 Å². The van der Waals surface area contributed by atoms with E-state index >= 15 is 0 Å². The monoisotopic (exact) mass is 280 g/mol. The molecule has 0 bridgehead atoms. The summed E-state index contributed by atoms with van der Waals surface area (Å²) in [6.45, 7) is 1.85. The Morgan fingerprint density at radius 3 is 2.00 bits per heavy atom. The van der Waals surface area contributed by atoms with E-state index in [1.54, 1.807) is 12.1 Å². The lowest BCUT2D eigenvalue weighted by atomic mass is 10.0. The van der Waals surface area contributed by atoms with Crippen molar-refractivity contribution < 1.29 is 4.39 Å². The molecule has 1 N–H and O–H groups in total. The smallest absolute Gasteiger partial charge is 0.264 e. The first-order chi connectivity index (χ1) is 10.1. The van der Waals surface area contributed by atoms with E-state index in [2.05, 4.69) is 10.2 Å². The van der Waals surface area contributed by atoms with Gasteiger partial charge in [0.15, 0.2) is 0 Å². The van der Waals surface area contributed by atoms with Crippen LogP contribution in [0.2, 0.25) is 0 Å². The predicted molar refractivity (Wildman–Crippen MR) is 80.4 cm³/mol. The number of nitrogens with one attached hydrogen (secondary N) is 1. The minimum absolute atomic E-state index is 0.209. The molecular formula is C17H13FN2O. The van der Waals surface area contributed by atoms with Gasteiger partial charge in [-0.2, -0.15) is 5.10 Å². The normalized spacial score (nSPS) is 10.6. The highest BCUT2D eigenvalue weighted by Crippen LogP contribution is 2.24. The van der Waals surface area contributed by atoms with Crippen molar-refractivity contribution in [1.82, 2.24) is 10.2 Å². The highest BCUT2D eigenvalue weighted by molar-refractivity contribution is 5.69. The summed E-state index contributed by atoms with van der Waals surface area (Å²) in [4.78, 5) is 11.2. The fraction of sp³-hybridized carbons (Fsp3) is 0.0588. The van der Waals surface area contributed by atoms with Gasteiger partial charge in [-0.15, -0.1) is 0 Å². The molecule has 3 aromatic rings. The van der Waals surface area contributed by atoms with Gasteiger partial charge in [0.1, 0.15) is 5.82 Å². The van der Waals surface area contributed by atoms with Gasteiger partial charge in [0.2, 0.25) is 0 Å². The minimum Gasteiger partial charge on any atom is -0.268 e. The number of hydrogen-bond donors (Lipinski definition) is 1. The summed E-state index contributed by atoms with van der Waals surface area (Å²) in [5, 5.41) is 6.52. The number of aromatic nitrogens is 2. The molecule has 0 saturated heterocycles. The first kappa shape index (κ1) is 13.2. The van der Waals surface area contributed by atoms with Crippen molar-refractivity contribution in [2.45, 2.75) is 6.92 Å². The van der Waals surface area contributed by atoms with E-state index in [9.17, 15) is 9.18 Å². The molecule has 3 nitrogen and oxygen atoms in total. The zero-order valence-electron chi connectivity index (χ0n) is 11.4. The van der Waals surface area contributed by atoms with E-state index < -0.39 is 0 Å². The third-order valence-corrected chi connectivity index (χ3v) is 3.33. The van der Waals surface area contributed by atoms with Crippen LogP contribution in [0.4, 0.5) is 4.39 Å². The van der Waals surface area contributed by atoms with E-state index in [0.29, 0.717) is 0 Å². The molecule has 4 heteroatoms. The van der Waals surface area contributed by atoms with E-state index in [1.165, 1.54) is 18.2 Å². The van der Waals surface area contributed by atoms with E-state index in [1.807, 2.05) is 31.2 Å². The molecule has 0 unspecified atom stereocenters. The summed E-state index contributed by atoms with van der Waals surface area (Å²) in [5.41, 5.74) is 4.25. The highest BCUT2D eigenvalue weighted by atomic mass is 19.1. The maximum absolute atomic E-state index is 12.9. The summed E-state index contributed by atoms with van der Waals surface area (Å²) >= 11 is 0. The largest absolute Gasteiger partial charge is 0.268 e. The topological polar surface area (TPSA) is 45.8 Å². The number of halogens is 1. The number of aryl methyl sites for hydroxylation is 1. The molecule has 0 aliphatic heterocycles. The zero-order chi connectivity index (χ0) is 14.8. The molecular weight excluding hydrogens is 267 g/mol. The average molecular weight is 280 g/mol. The van der Waals surface area contributed by atoms with Crippen LogP contribution in [0.5, 0.6) is 0 Å². The van der Waals surface area contributed by atoms with Crippen LogP contribution in [0.15, 0.2) is 59.4 Å². The van der Waals surface area contributed by atoms with Crippen molar-refractivity contribution >= 4 is 0 Å². The van der Waals surface area contributed by atoms with Crippen LogP contribution < -0.4 is 5.56 Å². The molecule has 0 saturated carbocycles. The van der Waals surface area contributed by atoms with Crippen LogP contribution >= 0.6 is 0 Å². The van der Waals surface area contributed by atoms with Gasteiger partial charge in [-0.05, 0) is 35.7 Å². The number of nitrogens with zero attached hydrogens (tertiary/aromatic N) is 1. The van der Waals surface area contributed by atoms with Crippen molar-refractivity contribution in [3.05, 3.63) is 76.3 Å². The lowest BCUT2D eigenvalue weighted by molar-refractivity contribution is 0.628. The van der Waals surface area contributed by atoms with Crippen LogP contribution in [-0.4, -0.2) is 10.2 Å². The summed E-state index contributed by atoms with van der Waals surface area (Å²) in [5.74, 6) is -0.247. The van der Waals surface area contributed by atoms with Gasteiger partial charge in [0.05, 0.1) is 5.69 Å². The second-order valence-corrected chi connectivity index (χ2v) is 4.85. The molecule has 104 valence electrons. The van der Waals surface area contributed by atoms with Gasteiger partial charge < -0.3 is 0 Å². The SMILES string of the molecule is Cc1cc(=O)[nH]nc1-c1ccc(-c2ccc(F)cc2)cc1. The second-order valence-electron chi connectivity index (χ2n) is 4.85. The van der Waals surface area contributed by atoms with Crippen LogP contribution in [0.25, 0.3) is 22.4 Å². The quantitative estimate of drug-likeness (QED) is 0.780. The second kappa shape index (κ2) is 5.32. The zero-order valence-corrected chi connectivity index (χ0v) is 11.4. The highest BCUT2D eigenvalue weighted by Gasteiger charge is 2.05. The fourth-order valence-corrected chi connectivity index (χ4v) is 2.25. The van der Waals surface area contributed by atoms with Crippen LogP contribution in [0.3, 0.4) is 0 Å². The van der Waals surface area contributed by atoms with Crippen molar-refractivity contribution in [3.63, 3.8) is 0 Å². The molecule has 2 aromatic carbocycles. The van der Waals surface area contributed by atoms with Gasteiger partial charge in [-0.1, -0.05) is 36.4 Å². The van der Waals surface area contributed by atoms with Gasteiger partial charge in [0.25, 0.3) is 5.56 Å². The molecule has 3 rings (SSSR count). The Morgan fingerprint density at radius 2 is 1.43 bits per heavy atom. The lowest BCUT2D eigenvalue weighted by Crippen LogP contribution is -2.08. The van der Waals surface area contributed by atoms with Crippen molar-refractivity contribution in [3.8, 4) is 22.4 Å². The standard InChI is InChI=1S/C17H13FN2O/c1-11-10-16(21)19-20-17(11)14-4-2-12(3-5-14)13-6-8-15(18)9-7-13/h2-10H,1H3,(H,19,21). The van der Waals surface area contributed by atoms with Crippen LogP contribution in [0, 0.1) is 12.7 Å². The molecule has 0 radical (unpaired) electrons. The Labute approximate surface area is 121 Å². The number of benzene rings is 2. The maximum Gasteiger partial charge on any atom is 0.264 e. The molecule has 0 amide bonds. The molecule has 0 aliphatic carbocycles. The van der Waals surface area contributed by atoms with Crippen molar-refractivity contribution in [2.24, 2.45) is 0 Å². The summed E-state index contributed by atoms with van der Waals surface area (Å²) in [7, 11) is 0. The third kappa shape index (κ3) is 2.74. The van der Waals surface area contributed by atoms with E-state index in [-0.39, 0.29) is 11.4 Å². The minimum atomic E-state index is -0.247. The molecule has 0 spiro atoms. The third-order valence-electron chi connectivity index (χ3n) is 3.33. The predicted octanol–water partition coefficient (Wildman–Crippen LogP) is 3.55. The Kier molecular flexibility index (Phi) is 3.36. The first-order valence-electron chi connectivity index (χ1n) is 6.56. The van der Waals surface area contributed by atoms with Gasteiger partial charge in [-0.3, -0.25) is 4.79 Å². The van der Waals surface area contributed by atoms with Gasteiger partial charge in [-0.25, -0.2) is 9.49 Å². The average Bonchev–Trinajstić information content (AvgIpc) is 2.48. The number of rotatable bonds is 2. The molecule has 21 heavy (non-hydrogen) atoms. The van der Waals surface area contributed by atoms with Crippen LogP contribution in [0.1, 0.15) is 5.56 Å². The first-order valence-corrected chi connectivity index (χ1v) is 6.56. The Morgan fingerprint density at radius 1 is 0.905 bits per heavy atom. The molecule has 0 aliphatic rings. The summed E-state index contributed by atoms with van der Waals surface area (Å²) < 4.78 is 12.9. The summed E-state index contributed by atoms with van der Waals surface area (Å²) in [6, 6.07) is 15.7. The lowest BCUT2D eigenvalue weighted by Gasteiger charge is -2.06.